The standard InChI is InChI=1S/C18H30O2.C8H20N/c1-2-3-4-5-6-7-8-9-10-11-12-13-14-15-16-17-18(19)20;1-5-9(6-2,7-3)8-4/h3-4,6-7,9-10H,2,5,8,11-17H2,1H3,(H,19,20);5-8H2,1-4H3/q;+1/b4-3-,7-6-,10-9-;. The Morgan fingerprint density at radius 3 is 1.55 bits per heavy atom. The molecule has 0 amide bonds. The van der Waals surface area contributed by atoms with E-state index >= 15 is 0 Å². The molecule has 0 spiro atoms. The summed E-state index contributed by atoms with van der Waals surface area (Å²) in [5, 5.41) is 8.50. The number of rotatable bonds is 17. The van der Waals surface area contributed by atoms with E-state index in [0.29, 0.717) is 6.42 Å². The highest BCUT2D eigenvalue weighted by Gasteiger charge is 2.16. The summed E-state index contributed by atoms with van der Waals surface area (Å²) in [7, 11) is 0. The molecule has 0 saturated carbocycles. The summed E-state index contributed by atoms with van der Waals surface area (Å²) in [5.41, 5.74) is 0. The van der Waals surface area contributed by atoms with Gasteiger partial charge in [-0.3, -0.25) is 4.79 Å². The zero-order valence-electron chi connectivity index (χ0n) is 20.2. The minimum Gasteiger partial charge on any atom is -0.481 e. The third-order valence-corrected chi connectivity index (χ3v) is 5.72. The highest BCUT2D eigenvalue weighted by Crippen LogP contribution is 2.08. The van der Waals surface area contributed by atoms with Crippen LogP contribution in [-0.4, -0.2) is 41.7 Å². The molecule has 1 N–H and O–H groups in total. The summed E-state index contributed by atoms with van der Waals surface area (Å²) < 4.78 is 1.28. The Balaban J connectivity index is 0. The molecule has 0 fully saturated rings. The zero-order chi connectivity index (χ0) is 22.2. The largest absolute Gasteiger partial charge is 0.481 e. The van der Waals surface area contributed by atoms with Crippen LogP contribution in [0.5, 0.6) is 0 Å². The van der Waals surface area contributed by atoms with Crippen LogP contribution >= 0.6 is 0 Å². The van der Waals surface area contributed by atoms with Gasteiger partial charge in [-0.25, -0.2) is 0 Å². The van der Waals surface area contributed by atoms with Crippen LogP contribution in [0.4, 0.5) is 0 Å². The summed E-state index contributed by atoms with van der Waals surface area (Å²) in [6.07, 6.45) is 23.4. The number of aliphatic carboxylic acids is 1. The molecule has 0 atom stereocenters. The molecule has 0 heterocycles. The zero-order valence-corrected chi connectivity index (χ0v) is 20.2. The summed E-state index contributed by atoms with van der Waals surface area (Å²) >= 11 is 0. The van der Waals surface area contributed by atoms with Gasteiger partial charge in [0.15, 0.2) is 0 Å². The van der Waals surface area contributed by atoms with Crippen molar-refractivity contribution < 1.29 is 14.4 Å². The van der Waals surface area contributed by atoms with E-state index in [-0.39, 0.29) is 0 Å². The Hall–Kier alpha value is -1.35. The number of nitrogens with zero attached hydrogens (tertiary/aromatic N) is 1. The van der Waals surface area contributed by atoms with Gasteiger partial charge in [-0.1, -0.05) is 62.6 Å². The molecular formula is C26H50NO2+. The lowest BCUT2D eigenvalue weighted by molar-refractivity contribution is -0.921. The molecular weight excluding hydrogens is 358 g/mol. The number of carboxylic acids is 1. The maximum Gasteiger partial charge on any atom is 0.303 e. The van der Waals surface area contributed by atoms with Crippen molar-refractivity contribution in [2.75, 3.05) is 26.2 Å². The molecule has 0 aromatic carbocycles. The lowest BCUT2D eigenvalue weighted by Crippen LogP contribution is -2.47. The van der Waals surface area contributed by atoms with Gasteiger partial charge < -0.3 is 9.59 Å². The fourth-order valence-corrected chi connectivity index (χ4v) is 3.24. The first kappa shape index (κ1) is 29.8. The number of carboxylic acid groups (broad SMARTS) is 1. The van der Waals surface area contributed by atoms with Gasteiger partial charge >= 0.3 is 5.97 Å². The average Bonchev–Trinajstić information content (AvgIpc) is 2.73. The molecule has 0 radical (unpaired) electrons. The topological polar surface area (TPSA) is 37.3 Å². The molecule has 0 aliphatic heterocycles. The normalized spacial score (nSPS) is 12.0. The third-order valence-electron chi connectivity index (χ3n) is 5.72. The van der Waals surface area contributed by atoms with E-state index < -0.39 is 5.97 Å². The molecule has 170 valence electrons. The van der Waals surface area contributed by atoms with Gasteiger partial charge in [0.1, 0.15) is 0 Å². The Bertz CT molecular complexity index is 416. The third kappa shape index (κ3) is 21.2. The first-order valence-electron chi connectivity index (χ1n) is 12.0. The number of quaternary nitrogens is 1. The molecule has 0 rings (SSSR count). The van der Waals surface area contributed by atoms with Crippen molar-refractivity contribution in [2.45, 2.75) is 98.8 Å². The fraction of sp³-hybridized carbons (Fsp3) is 0.731. The molecule has 0 aliphatic rings. The molecule has 0 aliphatic carbocycles. The van der Waals surface area contributed by atoms with Crippen molar-refractivity contribution in [1.29, 1.82) is 0 Å². The number of hydrogen-bond acceptors (Lipinski definition) is 1. The Kier molecular flexibility index (Phi) is 23.6. The molecule has 0 unspecified atom stereocenters. The minimum atomic E-state index is -0.675. The van der Waals surface area contributed by atoms with Crippen LogP contribution in [0.15, 0.2) is 36.5 Å². The van der Waals surface area contributed by atoms with Gasteiger partial charge in [0.25, 0.3) is 0 Å². The highest BCUT2D eigenvalue weighted by molar-refractivity contribution is 5.66. The van der Waals surface area contributed by atoms with Crippen molar-refractivity contribution in [3.05, 3.63) is 36.5 Å². The van der Waals surface area contributed by atoms with Gasteiger partial charge in [-0.2, -0.15) is 0 Å². The maximum absolute atomic E-state index is 10.3. The van der Waals surface area contributed by atoms with E-state index in [4.69, 9.17) is 5.11 Å². The van der Waals surface area contributed by atoms with Crippen LogP contribution in [0.2, 0.25) is 0 Å². The first-order valence-corrected chi connectivity index (χ1v) is 12.0. The van der Waals surface area contributed by atoms with Gasteiger partial charge in [0, 0.05) is 6.42 Å². The quantitative estimate of drug-likeness (QED) is 0.153. The number of carbonyl (C=O) groups is 1. The van der Waals surface area contributed by atoms with Crippen molar-refractivity contribution >= 4 is 5.97 Å². The smallest absolute Gasteiger partial charge is 0.303 e. The van der Waals surface area contributed by atoms with Crippen LogP contribution in [-0.2, 0) is 4.79 Å². The van der Waals surface area contributed by atoms with E-state index in [1.54, 1.807) is 0 Å². The highest BCUT2D eigenvalue weighted by atomic mass is 16.4. The van der Waals surface area contributed by atoms with Crippen molar-refractivity contribution in [3.8, 4) is 0 Å². The number of allylic oxidation sites excluding steroid dienone is 6. The molecule has 3 nitrogen and oxygen atoms in total. The second-order valence-corrected chi connectivity index (χ2v) is 7.60. The van der Waals surface area contributed by atoms with Gasteiger partial charge in [-0.05, 0) is 66.2 Å². The van der Waals surface area contributed by atoms with E-state index in [0.717, 1.165) is 44.9 Å². The van der Waals surface area contributed by atoms with E-state index in [1.807, 2.05) is 0 Å². The Morgan fingerprint density at radius 1 is 0.655 bits per heavy atom. The molecule has 29 heavy (non-hydrogen) atoms. The minimum absolute atomic E-state index is 0.319. The van der Waals surface area contributed by atoms with Gasteiger partial charge in [-0.15, -0.1) is 0 Å². The monoisotopic (exact) mass is 408 g/mol. The summed E-state index contributed by atoms with van der Waals surface area (Å²) in [6, 6.07) is 0. The van der Waals surface area contributed by atoms with E-state index in [1.165, 1.54) is 43.5 Å². The van der Waals surface area contributed by atoms with Crippen molar-refractivity contribution in [3.63, 3.8) is 0 Å². The Morgan fingerprint density at radius 2 is 1.10 bits per heavy atom. The van der Waals surface area contributed by atoms with E-state index in [2.05, 4.69) is 71.1 Å². The average molecular weight is 409 g/mol. The first-order chi connectivity index (χ1) is 14.0. The lowest BCUT2D eigenvalue weighted by Gasteiger charge is -2.34. The van der Waals surface area contributed by atoms with Crippen molar-refractivity contribution in [1.82, 2.24) is 0 Å². The van der Waals surface area contributed by atoms with Crippen molar-refractivity contribution in [2.24, 2.45) is 0 Å². The Labute approximate surface area is 182 Å². The van der Waals surface area contributed by atoms with Crippen LogP contribution in [0.1, 0.15) is 98.8 Å². The summed E-state index contributed by atoms with van der Waals surface area (Å²) in [6.45, 7) is 16.4. The van der Waals surface area contributed by atoms with Crippen LogP contribution < -0.4 is 0 Å². The molecule has 0 aromatic rings. The molecule has 0 aromatic heterocycles. The van der Waals surface area contributed by atoms with Gasteiger partial charge in [0.05, 0.1) is 26.2 Å². The predicted molar refractivity (Wildman–Crippen MR) is 129 cm³/mol. The number of hydrogen-bond donors (Lipinski definition) is 1. The summed E-state index contributed by atoms with van der Waals surface area (Å²) in [5.74, 6) is -0.675. The van der Waals surface area contributed by atoms with Crippen LogP contribution in [0.25, 0.3) is 0 Å². The second kappa shape index (κ2) is 22.9. The van der Waals surface area contributed by atoms with Gasteiger partial charge in [0.2, 0.25) is 0 Å². The predicted octanol–water partition coefficient (Wildman–Crippen LogP) is 7.54. The van der Waals surface area contributed by atoms with E-state index in [9.17, 15) is 4.79 Å². The fourth-order valence-electron chi connectivity index (χ4n) is 3.24. The number of unbranched alkanes of at least 4 members (excludes halogenated alkanes) is 5. The second-order valence-electron chi connectivity index (χ2n) is 7.60. The van der Waals surface area contributed by atoms with Crippen LogP contribution in [0, 0.1) is 0 Å². The lowest BCUT2D eigenvalue weighted by atomic mass is 10.1. The molecule has 0 bridgehead atoms. The molecule has 3 heteroatoms. The SMILES string of the molecule is CC/C=C\C/C=C\C/C=C\CCCCCCCC(=O)O.CC[N+](CC)(CC)CC. The van der Waals surface area contributed by atoms with Crippen LogP contribution in [0.3, 0.4) is 0 Å². The maximum atomic E-state index is 10.3. The molecule has 0 saturated heterocycles. The summed E-state index contributed by atoms with van der Waals surface area (Å²) in [4.78, 5) is 10.3.